The lowest BCUT2D eigenvalue weighted by Crippen LogP contribution is -2.54. The average molecular weight is 544 g/mol. The van der Waals surface area contributed by atoms with E-state index in [1.54, 1.807) is 21.7 Å². The molecule has 4 fully saturated rings. The smallest absolute Gasteiger partial charge is 0.409 e. The van der Waals surface area contributed by atoms with E-state index in [0.717, 1.165) is 56.2 Å². The Bertz CT molecular complexity index is 1490. The van der Waals surface area contributed by atoms with Crippen molar-refractivity contribution in [2.75, 3.05) is 32.1 Å². The first kappa shape index (κ1) is 26.1. The van der Waals surface area contributed by atoms with E-state index >= 15 is 0 Å². The van der Waals surface area contributed by atoms with Crippen molar-refractivity contribution in [2.45, 2.75) is 56.1 Å². The molecule has 40 heavy (non-hydrogen) atoms. The van der Waals surface area contributed by atoms with Gasteiger partial charge in [-0.25, -0.2) is 9.31 Å². The molecule has 0 aromatic carbocycles. The quantitative estimate of drug-likeness (QED) is 0.429. The number of hydrogen-bond donors (Lipinski definition) is 3. The zero-order chi connectivity index (χ0) is 27.9. The Morgan fingerprint density at radius 3 is 2.67 bits per heavy atom. The number of fused-ring (bicyclic) bond motifs is 4. The van der Waals surface area contributed by atoms with Gasteiger partial charge in [-0.15, -0.1) is 0 Å². The standard InChI is InChI=1S/C29H33N7O4/c1-40-27(38)35-11-4-19(18-35)15-32-26(37)22-17-31-24(25-3-2-21-12-20(14-30)16-33-36(21)25)13-23(22)34-28-5-8-29(39,9-6-28)10-7-28/h2-3,12-13,16-17,19,39H,4-11,15,18H2,1H3,(H,31,34)(H,32,37). The van der Waals surface area contributed by atoms with Crippen LogP contribution in [0.4, 0.5) is 10.5 Å². The maximum absolute atomic E-state index is 13.5. The van der Waals surface area contributed by atoms with Crippen LogP contribution >= 0.6 is 0 Å². The van der Waals surface area contributed by atoms with Gasteiger partial charge in [0.2, 0.25) is 0 Å². The lowest BCUT2D eigenvalue weighted by molar-refractivity contribution is -0.0580. The summed E-state index contributed by atoms with van der Waals surface area (Å²) in [6, 6.07) is 9.57. The number of ether oxygens (including phenoxy) is 1. The zero-order valence-electron chi connectivity index (χ0n) is 22.5. The molecule has 11 nitrogen and oxygen atoms in total. The van der Waals surface area contributed by atoms with Crippen LogP contribution in [0.1, 0.15) is 60.9 Å². The van der Waals surface area contributed by atoms with Gasteiger partial charge in [0.25, 0.3) is 5.91 Å². The summed E-state index contributed by atoms with van der Waals surface area (Å²) in [5.74, 6) is -0.0782. The molecule has 0 spiro atoms. The van der Waals surface area contributed by atoms with E-state index in [1.165, 1.54) is 13.3 Å². The molecular formula is C29H33N7O4. The van der Waals surface area contributed by atoms with Crippen LogP contribution in [0.2, 0.25) is 0 Å². The first-order valence-electron chi connectivity index (χ1n) is 13.8. The Kier molecular flexibility index (Phi) is 6.58. The molecule has 1 atom stereocenters. The van der Waals surface area contributed by atoms with Gasteiger partial charge in [-0.1, -0.05) is 0 Å². The molecule has 7 rings (SSSR count). The number of amides is 2. The third-order valence-electron chi connectivity index (χ3n) is 8.92. The fourth-order valence-corrected chi connectivity index (χ4v) is 6.40. The van der Waals surface area contributed by atoms with Crippen molar-refractivity contribution in [1.29, 1.82) is 5.26 Å². The van der Waals surface area contributed by atoms with Gasteiger partial charge in [0.1, 0.15) is 6.07 Å². The van der Waals surface area contributed by atoms with E-state index in [2.05, 4.69) is 26.8 Å². The molecule has 208 valence electrons. The lowest BCUT2D eigenvalue weighted by Gasteiger charge is -2.51. The Hall–Kier alpha value is -4.17. The minimum Gasteiger partial charge on any atom is -0.453 e. The monoisotopic (exact) mass is 543 g/mol. The highest BCUT2D eigenvalue weighted by molar-refractivity contribution is 6.00. The molecule has 2 amide bonds. The van der Waals surface area contributed by atoms with Gasteiger partial charge in [-0.3, -0.25) is 9.78 Å². The second kappa shape index (κ2) is 10.1. The number of methoxy groups -OCH3 is 1. The fraction of sp³-hybridized carbons (Fsp3) is 0.483. The molecule has 2 bridgehead atoms. The van der Waals surface area contributed by atoms with E-state index in [9.17, 15) is 20.0 Å². The molecule has 1 saturated heterocycles. The topological polar surface area (TPSA) is 145 Å². The number of aromatic nitrogens is 3. The highest BCUT2D eigenvalue weighted by atomic mass is 16.5. The minimum atomic E-state index is -0.564. The Balaban J connectivity index is 1.27. The van der Waals surface area contributed by atoms with Gasteiger partial charge in [-0.2, -0.15) is 10.4 Å². The summed E-state index contributed by atoms with van der Waals surface area (Å²) in [7, 11) is 1.37. The van der Waals surface area contributed by atoms with Crippen LogP contribution in [0, 0.1) is 17.2 Å². The third kappa shape index (κ3) is 4.84. The van der Waals surface area contributed by atoms with E-state index in [4.69, 9.17) is 4.74 Å². The number of carbonyl (C=O) groups is 2. The number of likely N-dealkylation sites (tertiary alicyclic amines) is 1. The number of rotatable bonds is 6. The zero-order valence-corrected chi connectivity index (χ0v) is 22.5. The molecular weight excluding hydrogens is 510 g/mol. The second-order valence-electron chi connectivity index (χ2n) is 11.4. The van der Waals surface area contributed by atoms with E-state index in [-0.39, 0.29) is 23.5 Å². The van der Waals surface area contributed by atoms with Crippen molar-refractivity contribution in [3.05, 3.63) is 47.8 Å². The number of nitrogens with zero attached hydrogens (tertiary/aromatic N) is 5. The number of carbonyl (C=O) groups excluding carboxylic acids is 2. The third-order valence-corrected chi connectivity index (χ3v) is 8.92. The Labute approximate surface area is 232 Å². The summed E-state index contributed by atoms with van der Waals surface area (Å²) in [5, 5.41) is 31.2. The molecule has 3 aromatic rings. The maximum atomic E-state index is 13.5. The van der Waals surface area contributed by atoms with Crippen LogP contribution < -0.4 is 10.6 Å². The fourth-order valence-electron chi connectivity index (χ4n) is 6.40. The molecule has 3 N–H and O–H groups in total. The summed E-state index contributed by atoms with van der Waals surface area (Å²) in [5.41, 5.74) is 3.06. The van der Waals surface area contributed by atoms with Crippen LogP contribution in [0.5, 0.6) is 0 Å². The highest BCUT2D eigenvalue weighted by Crippen LogP contribution is 2.48. The normalized spacial score (nSPS) is 25.5. The van der Waals surface area contributed by atoms with Crippen molar-refractivity contribution < 1.29 is 19.4 Å². The van der Waals surface area contributed by atoms with Crippen molar-refractivity contribution in [3.63, 3.8) is 0 Å². The predicted molar refractivity (Wildman–Crippen MR) is 147 cm³/mol. The van der Waals surface area contributed by atoms with E-state index in [1.807, 2.05) is 18.2 Å². The van der Waals surface area contributed by atoms with Crippen molar-refractivity contribution in [2.24, 2.45) is 5.92 Å². The largest absolute Gasteiger partial charge is 0.453 e. The second-order valence-corrected chi connectivity index (χ2v) is 11.4. The molecule has 4 aliphatic rings. The lowest BCUT2D eigenvalue weighted by atomic mass is 9.63. The molecule has 1 aliphatic heterocycles. The predicted octanol–water partition coefficient (Wildman–Crippen LogP) is 3.34. The Morgan fingerprint density at radius 1 is 1.18 bits per heavy atom. The van der Waals surface area contributed by atoms with Crippen molar-refractivity contribution in [1.82, 2.24) is 24.8 Å². The molecule has 3 aromatic heterocycles. The van der Waals surface area contributed by atoms with Gasteiger partial charge in [0, 0.05) is 31.4 Å². The van der Waals surface area contributed by atoms with E-state index in [0.29, 0.717) is 42.1 Å². The number of nitrogens with one attached hydrogen (secondary N) is 2. The number of nitriles is 1. The summed E-state index contributed by atoms with van der Waals surface area (Å²) < 4.78 is 6.56. The van der Waals surface area contributed by atoms with Gasteiger partial charge < -0.3 is 25.4 Å². The van der Waals surface area contributed by atoms with Crippen LogP contribution in [-0.4, -0.2) is 74.5 Å². The van der Waals surface area contributed by atoms with Crippen molar-refractivity contribution >= 4 is 23.2 Å². The molecule has 4 heterocycles. The summed E-state index contributed by atoms with van der Waals surface area (Å²) in [6.45, 7) is 1.60. The highest BCUT2D eigenvalue weighted by Gasteiger charge is 2.48. The van der Waals surface area contributed by atoms with Gasteiger partial charge in [0.15, 0.2) is 0 Å². The van der Waals surface area contributed by atoms with Crippen LogP contribution in [0.25, 0.3) is 16.9 Å². The van der Waals surface area contributed by atoms with Gasteiger partial charge in [-0.05, 0) is 75.1 Å². The average Bonchev–Trinajstić information content (AvgIpc) is 3.63. The van der Waals surface area contributed by atoms with Gasteiger partial charge in [0.05, 0.1) is 52.6 Å². The van der Waals surface area contributed by atoms with Crippen LogP contribution in [0.15, 0.2) is 36.7 Å². The Morgan fingerprint density at radius 2 is 1.95 bits per heavy atom. The van der Waals surface area contributed by atoms with Gasteiger partial charge >= 0.3 is 6.09 Å². The number of hydrogen-bond acceptors (Lipinski definition) is 8. The number of pyridine rings is 1. The number of aliphatic hydroxyl groups is 1. The summed E-state index contributed by atoms with van der Waals surface area (Å²) in [4.78, 5) is 31.6. The van der Waals surface area contributed by atoms with E-state index < -0.39 is 5.60 Å². The maximum Gasteiger partial charge on any atom is 0.409 e. The first-order chi connectivity index (χ1) is 19.3. The SMILES string of the molecule is COC(=O)N1CCC(CNC(=O)c2cnc(-c3ccc4cc(C#N)cnn34)cc2NC23CCC(O)(CC2)CC3)C1. The molecule has 3 aliphatic carbocycles. The molecule has 11 heteroatoms. The molecule has 3 saturated carbocycles. The summed E-state index contributed by atoms with van der Waals surface area (Å²) >= 11 is 0. The summed E-state index contributed by atoms with van der Waals surface area (Å²) in [6.07, 6.45) is 8.30. The molecule has 1 unspecified atom stereocenters. The minimum absolute atomic E-state index is 0.149. The van der Waals surface area contributed by atoms with Crippen molar-refractivity contribution in [3.8, 4) is 17.5 Å². The van der Waals surface area contributed by atoms with Crippen LogP contribution in [-0.2, 0) is 4.74 Å². The first-order valence-corrected chi connectivity index (χ1v) is 13.8. The number of anilines is 1. The molecule has 0 radical (unpaired) electrons. The van der Waals surface area contributed by atoms with Crippen LogP contribution in [0.3, 0.4) is 0 Å².